The number of hydrogen-bond acceptors (Lipinski definition) is 3. The van der Waals surface area contributed by atoms with Crippen LogP contribution >= 0.6 is 0 Å². The van der Waals surface area contributed by atoms with Gasteiger partial charge in [-0.3, -0.25) is 0 Å². The summed E-state index contributed by atoms with van der Waals surface area (Å²) >= 11 is 0. The van der Waals surface area contributed by atoms with Crippen molar-refractivity contribution in [1.82, 2.24) is 5.32 Å². The number of aliphatic hydroxyl groups is 1. The van der Waals surface area contributed by atoms with E-state index in [2.05, 4.69) is 17.4 Å². The minimum Gasteiger partial charge on any atom is -0.497 e. The zero-order valence-electron chi connectivity index (χ0n) is 12.5. The van der Waals surface area contributed by atoms with Gasteiger partial charge >= 0.3 is 0 Å². The molecule has 2 aromatic rings. The molecule has 3 nitrogen and oxygen atoms in total. The fourth-order valence-corrected chi connectivity index (χ4v) is 2.37. The standard InChI is InChI=1S/C18H23NO2/c1-21-17-11-5-7-15(13-17)8-6-12-19-18(14-20)16-9-3-2-4-10-16/h2-5,7,9-11,13,18-20H,6,8,12,14H2,1H3. The molecular weight excluding hydrogens is 262 g/mol. The summed E-state index contributed by atoms with van der Waals surface area (Å²) in [6, 6.07) is 18.2. The predicted octanol–water partition coefficient (Wildman–Crippen LogP) is 2.95. The fraction of sp³-hybridized carbons (Fsp3) is 0.333. The SMILES string of the molecule is COc1cccc(CCCNC(CO)c2ccccc2)c1. The van der Waals surface area contributed by atoms with E-state index in [1.165, 1.54) is 5.56 Å². The molecule has 0 saturated carbocycles. The van der Waals surface area contributed by atoms with E-state index in [4.69, 9.17) is 4.74 Å². The maximum atomic E-state index is 9.49. The molecule has 2 N–H and O–H groups in total. The summed E-state index contributed by atoms with van der Waals surface area (Å²) in [6.45, 7) is 0.987. The van der Waals surface area contributed by atoms with Crippen LogP contribution in [0.3, 0.4) is 0 Å². The molecular formula is C18H23NO2. The Hall–Kier alpha value is -1.84. The van der Waals surface area contributed by atoms with Gasteiger partial charge in [0.05, 0.1) is 19.8 Å². The lowest BCUT2D eigenvalue weighted by atomic mass is 10.1. The largest absolute Gasteiger partial charge is 0.497 e. The van der Waals surface area contributed by atoms with Crippen molar-refractivity contribution in [3.05, 3.63) is 65.7 Å². The van der Waals surface area contributed by atoms with Crippen molar-refractivity contribution in [3.8, 4) is 5.75 Å². The van der Waals surface area contributed by atoms with Crippen LogP contribution in [0, 0.1) is 0 Å². The Balaban J connectivity index is 1.78. The Kier molecular flexibility index (Phi) is 6.25. The second kappa shape index (κ2) is 8.45. The fourth-order valence-electron chi connectivity index (χ4n) is 2.37. The molecule has 2 rings (SSSR count). The van der Waals surface area contributed by atoms with Gasteiger partial charge < -0.3 is 15.2 Å². The summed E-state index contributed by atoms with van der Waals surface area (Å²) in [7, 11) is 1.69. The van der Waals surface area contributed by atoms with Gasteiger partial charge in [0.25, 0.3) is 0 Å². The maximum absolute atomic E-state index is 9.49. The number of rotatable bonds is 8. The molecule has 112 valence electrons. The highest BCUT2D eigenvalue weighted by Crippen LogP contribution is 2.14. The van der Waals surface area contributed by atoms with Gasteiger partial charge in [0, 0.05) is 0 Å². The molecule has 0 aromatic heterocycles. The Morgan fingerprint density at radius 1 is 1.10 bits per heavy atom. The molecule has 0 amide bonds. The van der Waals surface area contributed by atoms with Gasteiger partial charge in [-0.1, -0.05) is 42.5 Å². The highest BCUT2D eigenvalue weighted by atomic mass is 16.5. The van der Waals surface area contributed by atoms with Crippen LogP contribution in [0.1, 0.15) is 23.6 Å². The molecule has 1 unspecified atom stereocenters. The third-order valence-corrected chi connectivity index (χ3v) is 3.55. The highest BCUT2D eigenvalue weighted by molar-refractivity contribution is 5.28. The zero-order chi connectivity index (χ0) is 14.9. The van der Waals surface area contributed by atoms with Gasteiger partial charge in [0.15, 0.2) is 0 Å². The predicted molar refractivity (Wildman–Crippen MR) is 85.6 cm³/mol. The van der Waals surface area contributed by atoms with E-state index >= 15 is 0 Å². The number of aliphatic hydroxyl groups excluding tert-OH is 1. The zero-order valence-corrected chi connectivity index (χ0v) is 12.5. The summed E-state index contributed by atoms with van der Waals surface area (Å²) in [5, 5.41) is 12.9. The Morgan fingerprint density at radius 3 is 2.62 bits per heavy atom. The quantitative estimate of drug-likeness (QED) is 0.733. The van der Waals surface area contributed by atoms with E-state index in [1.54, 1.807) is 7.11 Å². The minimum absolute atomic E-state index is 0.0107. The van der Waals surface area contributed by atoms with Gasteiger partial charge in [-0.25, -0.2) is 0 Å². The Bertz CT molecular complexity index is 528. The van der Waals surface area contributed by atoms with E-state index in [9.17, 15) is 5.11 Å². The van der Waals surface area contributed by atoms with Crippen molar-refractivity contribution >= 4 is 0 Å². The molecule has 21 heavy (non-hydrogen) atoms. The first-order valence-electron chi connectivity index (χ1n) is 7.35. The molecule has 0 saturated heterocycles. The minimum atomic E-state index is 0.0107. The van der Waals surface area contributed by atoms with E-state index in [0.717, 1.165) is 30.7 Å². The second-order valence-corrected chi connectivity index (χ2v) is 5.06. The monoisotopic (exact) mass is 285 g/mol. The first-order chi connectivity index (χ1) is 10.3. The molecule has 0 spiro atoms. The lowest BCUT2D eigenvalue weighted by Gasteiger charge is -2.16. The van der Waals surface area contributed by atoms with Crippen molar-refractivity contribution in [2.24, 2.45) is 0 Å². The molecule has 0 radical (unpaired) electrons. The van der Waals surface area contributed by atoms with Crippen molar-refractivity contribution in [3.63, 3.8) is 0 Å². The van der Waals surface area contributed by atoms with Crippen LogP contribution in [-0.2, 0) is 6.42 Å². The Labute approximate surface area is 126 Å². The van der Waals surface area contributed by atoms with E-state index < -0.39 is 0 Å². The van der Waals surface area contributed by atoms with Crippen LogP contribution in [-0.4, -0.2) is 25.4 Å². The van der Waals surface area contributed by atoms with Gasteiger partial charge in [0.1, 0.15) is 5.75 Å². The molecule has 3 heteroatoms. The molecule has 0 bridgehead atoms. The summed E-state index contributed by atoms with van der Waals surface area (Å²) in [4.78, 5) is 0. The summed E-state index contributed by atoms with van der Waals surface area (Å²) in [6.07, 6.45) is 2.02. The van der Waals surface area contributed by atoms with E-state index in [0.29, 0.717) is 0 Å². The molecule has 2 aromatic carbocycles. The topological polar surface area (TPSA) is 41.5 Å². The van der Waals surface area contributed by atoms with Crippen LogP contribution in [0.2, 0.25) is 0 Å². The number of methoxy groups -OCH3 is 1. The third-order valence-electron chi connectivity index (χ3n) is 3.55. The van der Waals surface area contributed by atoms with Crippen LogP contribution in [0.5, 0.6) is 5.75 Å². The van der Waals surface area contributed by atoms with Crippen LogP contribution < -0.4 is 10.1 Å². The third kappa shape index (κ3) is 4.88. The van der Waals surface area contributed by atoms with E-state index in [-0.39, 0.29) is 12.6 Å². The lowest BCUT2D eigenvalue weighted by Crippen LogP contribution is -2.25. The number of nitrogens with one attached hydrogen (secondary N) is 1. The van der Waals surface area contributed by atoms with Crippen molar-refractivity contribution in [2.75, 3.05) is 20.3 Å². The summed E-state index contributed by atoms with van der Waals surface area (Å²) < 4.78 is 5.23. The molecule has 1 atom stereocenters. The van der Waals surface area contributed by atoms with Gasteiger partial charge in [-0.05, 0) is 42.6 Å². The highest BCUT2D eigenvalue weighted by Gasteiger charge is 2.08. The molecule has 0 aliphatic carbocycles. The van der Waals surface area contributed by atoms with Crippen molar-refractivity contribution < 1.29 is 9.84 Å². The molecule has 0 aliphatic heterocycles. The number of benzene rings is 2. The van der Waals surface area contributed by atoms with E-state index in [1.807, 2.05) is 42.5 Å². The maximum Gasteiger partial charge on any atom is 0.119 e. The van der Waals surface area contributed by atoms with Crippen LogP contribution in [0.4, 0.5) is 0 Å². The number of ether oxygens (including phenoxy) is 1. The second-order valence-electron chi connectivity index (χ2n) is 5.06. The summed E-state index contributed by atoms with van der Waals surface area (Å²) in [5.74, 6) is 0.901. The smallest absolute Gasteiger partial charge is 0.119 e. The van der Waals surface area contributed by atoms with Gasteiger partial charge in [0.2, 0.25) is 0 Å². The van der Waals surface area contributed by atoms with Gasteiger partial charge in [-0.15, -0.1) is 0 Å². The first kappa shape index (κ1) is 15.5. The lowest BCUT2D eigenvalue weighted by molar-refractivity contribution is 0.244. The number of hydrogen-bond donors (Lipinski definition) is 2. The molecule has 0 fully saturated rings. The number of aryl methyl sites for hydroxylation is 1. The summed E-state index contributed by atoms with van der Waals surface area (Å²) in [5.41, 5.74) is 2.40. The first-order valence-corrected chi connectivity index (χ1v) is 7.35. The Morgan fingerprint density at radius 2 is 1.90 bits per heavy atom. The molecule has 0 aliphatic rings. The van der Waals surface area contributed by atoms with Crippen LogP contribution in [0.15, 0.2) is 54.6 Å². The van der Waals surface area contributed by atoms with Crippen molar-refractivity contribution in [2.45, 2.75) is 18.9 Å². The normalized spacial score (nSPS) is 12.1. The van der Waals surface area contributed by atoms with Crippen LogP contribution in [0.25, 0.3) is 0 Å². The molecule has 0 heterocycles. The van der Waals surface area contributed by atoms with Crippen molar-refractivity contribution in [1.29, 1.82) is 0 Å². The average molecular weight is 285 g/mol. The van der Waals surface area contributed by atoms with Gasteiger partial charge in [-0.2, -0.15) is 0 Å². The average Bonchev–Trinajstić information content (AvgIpc) is 2.56.